The minimum absolute atomic E-state index is 0.134. The number of carbonyl (C=O) groups excluding carboxylic acids is 1. The third-order valence-electron chi connectivity index (χ3n) is 1.76. The van der Waals surface area contributed by atoms with Crippen molar-refractivity contribution in [2.24, 2.45) is 0 Å². The molecule has 0 aromatic heterocycles. The molecule has 3 atom stereocenters. The average Bonchev–Trinajstić information content (AvgIpc) is 2.08. The standard InChI is InChI=1S/C7H9BrO4/c8-5-6(11)3(2-9)1-4(10)7(5)12/h1,4-5,7,9-10,12H,2H2. The zero-order valence-corrected chi connectivity index (χ0v) is 7.73. The molecule has 0 aromatic carbocycles. The molecule has 12 heavy (non-hydrogen) atoms. The van der Waals surface area contributed by atoms with Crippen molar-refractivity contribution < 1.29 is 20.1 Å². The van der Waals surface area contributed by atoms with E-state index in [9.17, 15) is 9.90 Å². The number of halogens is 1. The molecule has 0 saturated heterocycles. The summed E-state index contributed by atoms with van der Waals surface area (Å²) < 4.78 is 0. The first-order valence-corrected chi connectivity index (χ1v) is 4.35. The van der Waals surface area contributed by atoms with Gasteiger partial charge in [-0.15, -0.1) is 0 Å². The van der Waals surface area contributed by atoms with Crippen molar-refractivity contribution in [3.8, 4) is 0 Å². The fourth-order valence-corrected chi connectivity index (χ4v) is 1.63. The lowest BCUT2D eigenvalue weighted by Crippen LogP contribution is -2.43. The number of hydrogen-bond acceptors (Lipinski definition) is 4. The van der Waals surface area contributed by atoms with Gasteiger partial charge in [0.25, 0.3) is 0 Å². The summed E-state index contributed by atoms with van der Waals surface area (Å²) in [4.78, 5) is 10.3. The molecule has 0 radical (unpaired) electrons. The molecule has 3 N–H and O–H groups in total. The van der Waals surface area contributed by atoms with Crippen molar-refractivity contribution in [2.75, 3.05) is 6.61 Å². The highest BCUT2D eigenvalue weighted by molar-refractivity contribution is 9.10. The number of Topliss-reactive ketones (excluding diaryl/α,β-unsaturated/α-hetero) is 1. The monoisotopic (exact) mass is 236 g/mol. The van der Waals surface area contributed by atoms with Crippen LogP contribution in [0.4, 0.5) is 0 Å². The van der Waals surface area contributed by atoms with E-state index in [0.717, 1.165) is 0 Å². The zero-order chi connectivity index (χ0) is 9.30. The maximum Gasteiger partial charge on any atom is 0.177 e. The lowest BCUT2D eigenvalue weighted by atomic mass is 9.94. The molecule has 1 aliphatic carbocycles. The fraction of sp³-hybridized carbons (Fsp3) is 0.571. The van der Waals surface area contributed by atoms with Crippen molar-refractivity contribution in [1.82, 2.24) is 0 Å². The van der Waals surface area contributed by atoms with Gasteiger partial charge in [-0.25, -0.2) is 0 Å². The molecular weight excluding hydrogens is 228 g/mol. The van der Waals surface area contributed by atoms with Gasteiger partial charge in [-0.1, -0.05) is 15.9 Å². The number of hydrogen-bond donors (Lipinski definition) is 3. The third-order valence-corrected chi connectivity index (χ3v) is 2.72. The summed E-state index contributed by atoms with van der Waals surface area (Å²) in [6, 6.07) is 0. The van der Waals surface area contributed by atoms with Crippen molar-refractivity contribution >= 4 is 21.7 Å². The van der Waals surface area contributed by atoms with Crippen LogP contribution < -0.4 is 0 Å². The van der Waals surface area contributed by atoms with E-state index in [2.05, 4.69) is 15.9 Å². The van der Waals surface area contributed by atoms with Crippen LogP contribution in [0.25, 0.3) is 0 Å². The maximum atomic E-state index is 11.2. The topological polar surface area (TPSA) is 77.8 Å². The van der Waals surface area contributed by atoms with Gasteiger partial charge in [0.1, 0.15) is 17.0 Å². The number of alkyl halides is 1. The molecule has 0 heterocycles. The Morgan fingerprint density at radius 3 is 2.58 bits per heavy atom. The van der Waals surface area contributed by atoms with Crippen molar-refractivity contribution in [3.63, 3.8) is 0 Å². The molecule has 0 bridgehead atoms. The minimum atomic E-state index is -1.13. The molecule has 4 nitrogen and oxygen atoms in total. The van der Waals surface area contributed by atoms with Gasteiger partial charge in [-0.05, 0) is 6.08 Å². The molecule has 0 aromatic rings. The highest BCUT2D eigenvalue weighted by atomic mass is 79.9. The molecule has 3 unspecified atom stereocenters. The van der Waals surface area contributed by atoms with Gasteiger partial charge in [0, 0.05) is 5.57 Å². The van der Waals surface area contributed by atoms with Gasteiger partial charge in [-0.2, -0.15) is 0 Å². The Bertz CT molecular complexity index is 225. The van der Waals surface area contributed by atoms with Crippen LogP contribution in [0.2, 0.25) is 0 Å². The second-order valence-electron chi connectivity index (χ2n) is 2.60. The van der Waals surface area contributed by atoms with Crippen molar-refractivity contribution in [1.29, 1.82) is 0 Å². The number of carbonyl (C=O) groups is 1. The highest BCUT2D eigenvalue weighted by Crippen LogP contribution is 2.21. The van der Waals surface area contributed by atoms with E-state index in [1.165, 1.54) is 6.08 Å². The van der Waals surface area contributed by atoms with E-state index < -0.39 is 23.6 Å². The first-order chi connectivity index (χ1) is 5.57. The normalized spacial score (nSPS) is 36.5. The Balaban J connectivity index is 2.92. The largest absolute Gasteiger partial charge is 0.392 e. The molecular formula is C7H9BrO4. The summed E-state index contributed by atoms with van der Waals surface area (Å²) in [5, 5.41) is 27.0. The quantitative estimate of drug-likeness (QED) is 0.510. The summed E-state index contributed by atoms with van der Waals surface area (Å²) >= 11 is 2.93. The van der Waals surface area contributed by atoms with Gasteiger partial charge in [0.15, 0.2) is 5.78 Å². The molecule has 0 fully saturated rings. The molecule has 0 saturated carbocycles. The van der Waals surface area contributed by atoms with Crippen LogP contribution >= 0.6 is 15.9 Å². The summed E-state index contributed by atoms with van der Waals surface area (Å²) in [6.45, 7) is -0.412. The smallest absolute Gasteiger partial charge is 0.177 e. The van der Waals surface area contributed by atoms with Gasteiger partial charge in [0.05, 0.1) is 6.61 Å². The van der Waals surface area contributed by atoms with E-state index in [0.29, 0.717) is 0 Å². The van der Waals surface area contributed by atoms with Crippen molar-refractivity contribution in [2.45, 2.75) is 17.0 Å². The maximum absolute atomic E-state index is 11.2. The second-order valence-corrected chi connectivity index (χ2v) is 3.58. The fourth-order valence-electron chi connectivity index (χ4n) is 1.02. The number of ketones is 1. The number of aliphatic hydroxyl groups excluding tert-OH is 3. The van der Waals surface area contributed by atoms with E-state index in [4.69, 9.17) is 10.2 Å². The van der Waals surface area contributed by atoms with Gasteiger partial charge < -0.3 is 15.3 Å². The zero-order valence-electron chi connectivity index (χ0n) is 6.14. The van der Waals surface area contributed by atoms with Crippen LogP contribution in [0.3, 0.4) is 0 Å². The average molecular weight is 237 g/mol. The summed E-state index contributed by atoms with van der Waals surface area (Å²) in [5.41, 5.74) is 0.134. The first kappa shape index (κ1) is 9.85. The van der Waals surface area contributed by atoms with E-state index >= 15 is 0 Å². The Kier molecular flexibility index (Phi) is 3.00. The van der Waals surface area contributed by atoms with Crippen LogP contribution in [-0.4, -0.2) is 44.7 Å². The van der Waals surface area contributed by atoms with E-state index in [-0.39, 0.29) is 11.4 Å². The second kappa shape index (κ2) is 3.66. The van der Waals surface area contributed by atoms with Gasteiger partial charge in [0.2, 0.25) is 0 Å². The summed E-state index contributed by atoms with van der Waals surface area (Å²) in [5.74, 6) is -0.379. The molecule has 1 rings (SSSR count). The van der Waals surface area contributed by atoms with Crippen LogP contribution in [0.15, 0.2) is 11.6 Å². The molecule has 1 aliphatic rings. The van der Waals surface area contributed by atoms with Crippen LogP contribution in [0, 0.1) is 0 Å². The molecule has 5 heteroatoms. The van der Waals surface area contributed by atoms with Crippen LogP contribution in [0.5, 0.6) is 0 Å². The summed E-state index contributed by atoms with van der Waals surface area (Å²) in [6.07, 6.45) is -1.05. The lowest BCUT2D eigenvalue weighted by molar-refractivity contribution is -0.119. The van der Waals surface area contributed by atoms with Crippen molar-refractivity contribution in [3.05, 3.63) is 11.6 Å². The van der Waals surface area contributed by atoms with Crippen LogP contribution in [0.1, 0.15) is 0 Å². The SMILES string of the molecule is O=C1C(CO)=CC(O)C(O)C1Br. The molecule has 0 aliphatic heterocycles. The lowest BCUT2D eigenvalue weighted by Gasteiger charge is -2.25. The highest BCUT2D eigenvalue weighted by Gasteiger charge is 2.35. The number of aliphatic hydroxyl groups is 3. The molecule has 68 valence electrons. The van der Waals surface area contributed by atoms with Gasteiger partial charge >= 0.3 is 0 Å². The molecule has 0 amide bonds. The Labute approximate surface area is 77.6 Å². The predicted molar refractivity (Wildman–Crippen MR) is 44.9 cm³/mol. The van der Waals surface area contributed by atoms with Crippen LogP contribution in [-0.2, 0) is 4.79 Å². The third kappa shape index (κ3) is 1.59. The van der Waals surface area contributed by atoms with Gasteiger partial charge in [-0.3, -0.25) is 4.79 Å². The predicted octanol–water partition coefficient (Wildman–Crippen LogP) is -1.03. The molecule has 0 spiro atoms. The minimum Gasteiger partial charge on any atom is -0.392 e. The summed E-state index contributed by atoms with van der Waals surface area (Å²) in [7, 11) is 0. The van der Waals surface area contributed by atoms with E-state index in [1.807, 2.05) is 0 Å². The Morgan fingerprint density at radius 2 is 2.08 bits per heavy atom. The Hall–Kier alpha value is -0.230. The first-order valence-electron chi connectivity index (χ1n) is 3.44. The number of rotatable bonds is 1. The van der Waals surface area contributed by atoms with E-state index in [1.54, 1.807) is 0 Å². The Morgan fingerprint density at radius 1 is 1.50 bits per heavy atom.